The Kier molecular flexibility index (Phi) is 10.6. The number of esters is 1. The molecule has 0 aliphatic rings. The molecule has 0 N–H and O–H groups in total. The number of pyridine rings is 1. The second-order valence-electron chi connectivity index (χ2n) is 9.11. The Balaban J connectivity index is 1.72. The van der Waals surface area contributed by atoms with Gasteiger partial charge in [0.1, 0.15) is 5.75 Å². The summed E-state index contributed by atoms with van der Waals surface area (Å²) in [5.74, 6) is -1.68. The van der Waals surface area contributed by atoms with Crippen molar-refractivity contribution in [1.29, 1.82) is 0 Å². The molecule has 16 heteroatoms. The van der Waals surface area contributed by atoms with Gasteiger partial charge < -0.3 is 14.0 Å². The molecule has 3 aromatic rings. The summed E-state index contributed by atoms with van der Waals surface area (Å²) in [5.41, 5.74) is 3.99. The highest BCUT2D eigenvalue weighted by Crippen LogP contribution is 2.38. The third-order valence-corrected chi connectivity index (χ3v) is 5.93. The van der Waals surface area contributed by atoms with Gasteiger partial charge in [0.2, 0.25) is 0 Å². The second-order valence-corrected chi connectivity index (χ2v) is 9.11. The van der Waals surface area contributed by atoms with E-state index in [0.717, 1.165) is 29.1 Å². The van der Waals surface area contributed by atoms with Gasteiger partial charge in [-0.1, -0.05) is 20.4 Å². The Morgan fingerprint density at radius 3 is 2.07 bits per heavy atom. The lowest BCUT2D eigenvalue weighted by molar-refractivity contribution is -0.574. The molecule has 0 bridgehead atoms. The fraction of sp³-hybridized carbons (Fsp3) is 0.429. The molecule has 0 radical (unpaired) electrons. The molecule has 0 atom stereocenters. The highest BCUT2D eigenvalue weighted by atomic mass is 19.3. The molecule has 1 aromatic carbocycles. The number of benzene rings is 1. The zero-order chi connectivity index (χ0) is 32.9. The Morgan fingerprint density at radius 2 is 1.50 bits per heavy atom. The smallest absolute Gasteiger partial charge is 0.484 e. The highest BCUT2D eigenvalue weighted by Gasteiger charge is 2.57. The van der Waals surface area contributed by atoms with Gasteiger partial charge in [-0.25, -0.2) is 19.0 Å². The summed E-state index contributed by atoms with van der Waals surface area (Å²) < 4.78 is 129. The summed E-state index contributed by atoms with van der Waals surface area (Å²) in [6.07, 6.45) is -19.9. The van der Waals surface area contributed by atoms with Crippen LogP contribution in [0, 0.1) is 0 Å². The van der Waals surface area contributed by atoms with Crippen molar-refractivity contribution in [3.63, 3.8) is 0 Å². The number of hydrogen-bond donors (Lipinski definition) is 0. The molecular weight excluding hydrogens is 612 g/mol. The number of carbonyl (C=O) groups is 1. The van der Waals surface area contributed by atoms with Crippen molar-refractivity contribution in [2.24, 2.45) is 0 Å². The van der Waals surface area contributed by atoms with Crippen LogP contribution in [0.2, 0.25) is 0 Å². The topological polar surface area (TPSA) is 81.0 Å². The number of rotatable bonds is 16. The minimum Gasteiger partial charge on any atom is -0.484 e. The molecule has 0 fully saturated rings. The number of aryl methyl sites for hydroxylation is 3. The number of hydrogen-bond acceptors (Lipinski definition) is 7. The largest absolute Gasteiger partial charge is 0.496 e. The monoisotopic (exact) mass is 640 g/mol. The first-order valence-corrected chi connectivity index (χ1v) is 13.1. The van der Waals surface area contributed by atoms with Crippen LogP contribution in [-0.2, 0) is 43.1 Å². The molecule has 0 unspecified atom stereocenters. The molecular formula is C28H28F8N2O6. The van der Waals surface area contributed by atoms with Crippen molar-refractivity contribution in [2.45, 2.75) is 65.0 Å². The van der Waals surface area contributed by atoms with Crippen molar-refractivity contribution >= 4 is 16.9 Å². The molecule has 242 valence electrons. The van der Waals surface area contributed by atoms with E-state index in [-0.39, 0.29) is 5.75 Å². The van der Waals surface area contributed by atoms with Crippen LogP contribution >= 0.6 is 0 Å². The minimum atomic E-state index is -5.87. The standard InChI is InChI=1S/C28H28F8N2O6/c1-5-18-10-12-20(21(6-2)37-18)23-13-17-9-11-19(14-22(17)38(23)8-4)40-15-25(29,30)42-27(33,34)44-28(35,36)43-26(31,32)16-41-24(39)7-3/h7,9-14H,3,5-6,8,15-16H2,1-2,4H3. The first kappa shape index (κ1) is 34.7. The van der Waals surface area contributed by atoms with Gasteiger partial charge in [-0.05, 0) is 50.1 Å². The summed E-state index contributed by atoms with van der Waals surface area (Å²) in [4.78, 5) is 15.5. The number of ether oxygens (including phenoxy) is 5. The average Bonchev–Trinajstić information content (AvgIpc) is 3.30. The summed E-state index contributed by atoms with van der Waals surface area (Å²) >= 11 is 0. The van der Waals surface area contributed by atoms with E-state index in [9.17, 15) is 39.9 Å². The lowest BCUT2D eigenvalue weighted by atomic mass is 10.1. The third-order valence-electron chi connectivity index (χ3n) is 5.93. The van der Waals surface area contributed by atoms with E-state index >= 15 is 0 Å². The number of fused-ring (bicyclic) bond motifs is 1. The van der Waals surface area contributed by atoms with Crippen LogP contribution in [0.25, 0.3) is 22.2 Å². The fourth-order valence-electron chi connectivity index (χ4n) is 4.10. The highest BCUT2D eigenvalue weighted by molar-refractivity contribution is 5.88. The molecule has 8 nitrogen and oxygen atoms in total. The third kappa shape index (κ3) is 9.12. The number of halogens is 8. The van der Waals surface area contributed by atoms with Crippen molar-refractivity contribution in [3.05, 3.63) is 60.4 Å². The van der Waals surface area contributed by atoms with Crippen LogP contribution in [0.4, 0.5) is 35.1 Å². The first-order chi connectivity index (χ1) is 20.4. The van der Waals surface area contributed by atoms with Gasteiger partial charge in [0, 0.05) is 41.0 Å². The molecule has 0 spiro atoms. The first-order valence-electron chi connectivity index (χ1n) is 13.1. The lowest BCUT2D eigenvalue weighted by Gasteiger charge is -2.27. The zero-order valence-electron chi connectivity index (χ0n) is 23.7. The van der Waals surface area contributed by atoms with Crippen LogP contribution in [-0.4, -0.2) is 53.5 Å². The summed E-state index contributed by atoms with van der Waals surface area (Å²) in [6.45, 7) is 5.05. The van der Waals surface area contributed by atoms with Crippen molar-refractivity contribution < 1.29 is 63.6 Å². The molecule has 44 heavy (non-hydrogen) atoms. The Bertz CT molecular complexity index is 1480. The minimum absolute atomic E-state index is 0.207. The van der Waals surface area contributed by atoms with E-state index in [4.69, 9.17) is 4.74 Å². The molecule has 2 heterocycles. The molecule has 3 rings (SSSR count). The Hall–Kier alpha value is -3.76. The molecule has 0 amide bonds. The van der Waals surface area contributed by atoms with E-state index < -0.39 is 44.0 Å². The molecule has 2 aromatic heterocycles. The molecule has 0 saturated heterocycles. The van der Waals surface area contributed by atoms with Gasteiger partial charge in [-0.2, -0.15) is 17.6 Å². The Labute approximate surface area is 246 Å². The van der Waals surface area contributed by atoms with E-state index in [1.54, 1.807) is 6.07 Å². The number of aromatic nitrogens is 2. The Morgan fingerprint density at radius 1 is 0.864 bits per heavy atom. The van der Waals surface area contributed by atoms with E-state index in [2.05, 4.69) is 30.5 Å². The second kappa shape index (κ2) is 13.5. The molecule has 0 aliphatic carbocycles. The van der Waals surface area contributed by atoms with Gasteiger partial charge in [-0.15, -0.1) is 17.6 Å². The SMILES string of the molecule is C=CC(=O)OCC(F)(F)OC(F)(F)OC(F)(F)OC(F)(F)COc1ccc2cc(-c3ccc(CC)nc3CC)n(CC)c2c1. The predicted molar refractivity (Wildman–Crippen MR) is 139 cm³/mol. The van der Waals surface area contributed by atoms with Gasteiger partial charge in [0.05, 0.1) is 11.2 Å². The van der Waals surface area contributed by atoms with E-state index in [1.165, 1.54) is 12.1 Å². The number of nitrogens with zero attached hydrogens (tertiary/aromatic N) is 2. The maximum atomic E-state index is 14.2. The van der Waals surface area contributed by atoms with Crippen LogP contribution < -0.4 is 4.74 Å². The van der Waals surface area contributed by atoms with Crippen LogP contribution in [0.5, 0.6) is 5.75 Å². The fourth-order valence-corrected chi connectivity index (χ4v) is 4.10. The van der Waals surface area contributed by atoms with E-state index in [1.807, 2.05) is 43.5 Å². The quantitative estimate of drug-likeness (QED) is 0.0704. The average molecular weight is 641 g/mol. The number of carbonyl (C=O) groups excluding carboxylic acids is 1. The maximum Gasteiger partial charge on any atom is 0.496 e. The van der Waals surface area contributed by atoms with Crippen LogP contribution in [0.15, 0.2) is 49.1 Å². The van der Waals surface area contributed by atoms with Gasteiger partial charge in [0.15, 0.2) is 13.2 Å². The van der Waals surface area contributed by atoms with Gasteiger partial charge in [-0.3, -0.25) is 4.98 Å². The summed E-state index contributed by atoms with van der Waals surface area (Å²) in [7, 11) is 0. The number of alkyl halides is 8. The van der Waals surface area contributed by atoms with Crippen molar-refractivity contribution in [2.75, 3.05) is 13.2 Å². The summed E-state index contributed by atoms with van der Waals surface area (Å²) in [5, 5.41) is 0.706. The molecule has 0 saturated carbocycles. The zero-order valence-corrected chi connectivity index (χ0v) is 23.7. The predicted octanol–water partition coefficient (Wildman–Crippen LogP) is 7.29. The normalized spacial score (nSPS) is 12.9. The van der Waals surface area contributed by atoms with Gasteiger partial charge in [0.25, 0.3) is 0 Å². The summed E-state index contributed by atoms with van der Waals surface area (Å²) in [6, 6.07) is 9.90. The molecule has 0 aliphatic heterocycles. The van der Waals surface area contributed by atoms with Crippen LogP contribution in [0.3, 0.4) is 0 Å². The van der Waals surface area contributed by atoms with Gasteiger partial charge >= 0.3 is 30.8 Å². The maximum absolute atomic E-state index is 14.2. The lowest BCUT2D eigenvalue weighted by Crippen LogP contribution is -2.46. The van der Waals surface area contributed by atoms with Crippen LogP contribution in [0.1, 0.15) is 32.2 Å². The van der Waals surface area contributed by atoms with E-state index in [0.29, 0.717) is 29.9 Å². The van der Waals surface area contributed by atoms with Crippen molar-refractivity contribution in [3.8, 4) is 17.0 Å². The van der Waals surface area contributed by atoms with Crippen molar-refractivity contribution in [1.82, 2.24) is 9.55 Å².